The molecule has 0 bridgehead atoms. The molecule has 2 heterocycles. The number of allylic oxidation sites excluding steroid dienone is 1. The first-order valence-corrected chi connectivity index (χ1v) is 8.51. The molecule has 1 atom stereocenters. The third-order valence-corrected chi connectivity index (χ3v) is 4.92. The number of hydrogen-bond acceptors (Lipinski definition) is 3. The first-order chi connectivity index (χ1) is 10.8. The van der Waals surface area contributed by atoms with Crippen LogP contribution in [0, 0.1) is 0 Å². The van der Waals surface area contributed by atoms with Gasteiger partial charge in [-0.2, -0.15) is 0 Å². The highest BCUT2D eigenvalue weighted by Crippen LogP contribution is 2.40. The van der Waals surface area contributed by atoms with Crippen molar-refractivity contribution >= 4 is 0 Å². The van der Waals surface area contributed by atoms with Crippen molar-refractivity contribution in [3.05, 3.63) is 35.4 Å². The van der Waals surface area contributed by atoms with E-state index in [2.05, 4.69) is 46.8 Å². The molecule has 23 heavy (non-hydrogen) atoms. The Morgan fingerprint density at radius 3 is 2.74 bits per heavy atom. The molecule has 1 fully saturated rings. The summed E-state index contributed by atoms with van der Waals surface area (Å²) in [6.07, 6.45) is 4.74. The fourth-order valence-electron chi connectivity index (χ4n) is 3.09. The standard InChI is InChI=1S/C20H28O3/c1-14(6-9-18-20(4,5)23-18)10-11-21-15-7-8-16-17(12-15)22-13-19(16,2)3/h7-8,10,12,18H,6,9,11,13H2,1-5H3/b14-10+. The summed E-state index contributed by atoms with van der Waals surface area (Å²) in [6.45, 7) is 12.2. The van der Waals surface area contributed by atoms with Gasteiger partial charge in [0.1, 0.15) is 18.1 Å². The summed E-state index contributed by atoms with van der Waals surface area (Å²) in [5.41, 5.74) is 2.82. The number of fused-ring (bicyclic) bond motifs is 1. The van der Waals surface area contributed by atoms with Crippen LogP contribution in [0.4, 0.5) is 0 Å². The van der Waals surface area contributed by atoms with Gasteiger partial charge in [-0.25, -0.2) is 0 Å². The van der Waals surface area contributed by atoms with E-state index in [1.807, 2.05) is 12.1 Å². The van der Waals surface area contributed by atoms with Crippen LogP contribution in [0.1, 0.15) is 53.0 Å². The lowest BCUT2D eigenvalue weighted by Crippen LogP contribution is -2.18. The van der Waals surface area contributed by atoms with E-state index in [1.54, 1.807) is 0 Å². The monoisotopic (exact) mass is 316 g/mol. The zero-order valence-electron chi connectivity index (χ0n) is 14.9. The molecule has 3 nitrogen and oxygen atoms in total. The van der Waals surface area contributed by atoms with Gasteiger partial charge in [0.25, 0.3) is 0 Å². The van der Waals surface area contributed by atoms with Gasteiger partial charge >= 0.3 is 0 Å². The van der Waals surface area contributed by atoms with Gasteiger partial charge in [0.05, 0.1) is 18.3 Å². The molecule has 1 aromatic rings. The van der Waals surface area contributed by atoms with Crippen LogP contribution in [0.2, 0.25) is 0 Å². The number of rotatable bonds is 6. The Labute approximate surface area is 139 Å². The summed E-state index contributed by atoms with van der Waals surface area (Å²) in [5, 5.41) is 0. The fourth-order valence-corrected chi connectivity index (χ4v) is 3.09. The number of benzene rings is 1. The Morgan fingerprint density at radius 2 is 2.04 bits per heavy atom. The lowest BCUT2D eigenvalue weighted by molar-refractivity contribution is 0.289. The van der Waals surface area contributed by atoms with Crippen LogP contribution in [0.3, 0.4) is 0 Å². The number of hydrogen-bond donors (Lipinski definition) is 0. The number of epoxide rings is 1. The van der Waals surface area contributed by atoms with Crippen molar-refractivity contribution in [3.63, 3.8) is 0 Å². The lowest BCUT2D eigenvalue weighted by atomic mass is 9.87. The van der Waals surface area contributed by atoms with E-state index in [-0.39, 0.29) is 11.0 Å². The molecular weight excluding hydrogens is 288 g/mol. The molecule has 3 heteroatoms. The van der Waals surface area contributed by atoms with Crippen molar-refractivity contribution < 1.29 is 14.2 Å². The zero-order chi connectivity index (χ0) is 16.7. The molecule has 0 aromatic heterocycles. The first-order valence-electron chi connectivity index (χ1n) is 8.51. The van der Waals surface area contributed by atoms with Crippen LogP contribution < -0.4 is 9.47 Å². The van der Waals surface area contributed by atoms with Gasteiger partial charge in [0.2, 0.25) is 0 Å². The number of ether oxygens (including phenoxy) is 3. The van der Waals surface area contributed by atoms with E-state index in [4.69, 9.17) is 14.2 Å². The van der Waals surface area contributed by atoms with Crippen molar-refractivity contribution in [2.45, 2.75) is 64.6 Å². The minimum absolute atomic E-state index is 0.0922. The molecule has 126 valence electrons. The van der Waals surface area contributed by atoms with E-state index in [1.165, 1.54) is 11.1 Å². The molecule has 1 aromatic carbocycles. The van der Waals surface area contributed by atoms with Crippen molar-refractivity contribution in [1.82, 2.24) is 0 Å². The average Bonchev–Trinajstić information content (AvgIpc) is 2.98. The first kappa shape index (κ1) is 16.4. The highest BCUT2D eigenvalue weighted by atomic mass is 16.6. The van der Waals surface area contributed by atoms with Crippen LogP contribution in [0.25, 0.3) is 0 Å². The summed E-state index contributed by atoms with van der Waals surface area (Å²) >= 11 is 0. The van der Waals surface area contributed by atoms with E-state index in [0.29, 0.717) is 12.7 Å². The second kappa shape index (κ2) is 5.86. The Bertz CT molecular complexity index is 613. The molecule has 2 aliphatic heterocycles. The van der Waals surface area contributed by atoms with Crippen LogP contribution in [-0.2, 0) is 10.2 Å². The Morgan fingerprint density at radius 1 is 1.30 bits per heavy atom. The third kappa shape index (κ3) is 3.72. The molecule has 0 spiro atoms. The van der Waals surface area contributed by atoms with Crippen molar-refractivity contribution in [2.75, 3.05) is 13.2 Å². The maximum absolute atomic E-state index is 5.85. The summed E-state index contributed by atoms with van der Waals surface area (Å²) in [6, 6.07) is 6.17. The summed E-state index contributed by atoms with van der Waals surface area (Å²) in [7, 11) is 0. The Hall–Kier alpha value is -1.48. The van der Waals surface area contributed by atoms with E-state index < -0.39 is 0 Å². The van der Waals surface area contributed by atoms with E-state index in [9.17, 15) is 0 Å². The Kier molecular flexibility index (Phi) is 4.18. The molecule has 0 N–H and O–H groups in total. The van der Waals surface area contributed by atoms with Gasteiger partial charge in [0.15, 0.2) is 0 Å². The SMILES string of the molecule is C/C(=C\COc1ccc2c(c1)OCC2(C)C)CCC1OC1(C)C. The second-order valence-electron chi connectivity index (χ2n) is 7.94. The van der Waals surface area contributed by atoms with E-state index in [0.717, 1.165) is 30.9 Å². The van der Waals surface area contributed by atoms with Gasteiger partial charge in [0, 0.05) is 17.0 Å². The largest absolute Gasteiger partial charge is 0.492 e. The predicted molar refractivity (Wildman–Crippen MR) is 92.4 cm³/mol. The molecule has 0 aliphatic carbocycles. The van der Waals surface area contributed by atoms with Crippen LogP contribution in [-0.4, -0.2) is 24.9 Å². The quantitative estimate of drug-likeness (QED) is 0.566. The highest BCUT2D eigenvalue weighted by molar-refractivity contribution is 5.47. The minimum Gasteiger partial charge on any atom is -0.492 e. The second-order valence-corrected chi connectivity index (χ2v) is 7.94. The topological polar surface area (TPSA) is 31.0 Å². The molecule has 0 amide bonds. The van der Waals surface area contributed by atoms with Crippen LogP contribution in [0.5, 0.6) is 11.5 Å². The maximum atomic E-state index is 5.85. The molecule has 1 saturated heterocycles. The molecule has 0 radical (unpaired) electrons. The normalized spacial score (nSPS) is 24.0. The molecule has 2 aliphatic rings. The van der Waals surface area contributed by atoms with Gasteiger partial charge < -0.3 is 14.2 Å². The average molecular weight is 316 g/mol. The van der Waals surface area contributed by atoms with Gasteiger partial charge in [-0.05, 0) is 45.8 Å². The summed E-state index contributed by atoms with van der Waals surface area (Å²) < 4.78 is 17.2. The van der Waals surface area contributed by atoms with Gasteiger partial charge in [-0.1, -0.05) is 25.5 Å². The fraction of sp³-hybridized carbons (Fsp3) is 0.600. The summed E-state index contributed by atoms with van der Waals surface area (Å²) in [4.78, 5) is 0. The predicted octanol–water partition coefficient (Wildman–Crippen LogP) is 4.64. The molecule has 0 saturated carbocycles. The highest BCUT2D eigenvalue weighted by Gasteiger charge is 2.46. The Balaban J connectivity index is 1.48. The van der Waals surface area contributed by atoms with Crippen molar-refractivity contribution in [3.8, 4) is 11.5 Å². The van der Waals surface area contributed by atoms with Gasteiger partial charge in [-0.3, -0.25) is 0 Å². The van der Waals surface area contributed by atoms with E-state index >= 15 is 0 Å². The van der Waals surface area contributed by atoms with Crippen molar-refractivity contribution in [2.24, 2.45) is 0 Å². The zero-order valence-corrected chi connectivity index (χ0v) is 14.9. The summed E-state index contributed by atoms with van der Waals surface area (Å²) in [5.74, 6) is 1.83. The van der Waals surface area contributed by atoms with Crippen molar-refractivity contribution in [1.29, 1.82) is 0 Å². The molecular formula is C20H28O3. The lowest BCUT2D eigenvalue weighted by Gasteiger charge is -2.15. The van der Waals surface area contributed by atoms with Gasteiger partial charge in [-0.15, -0.1) is 0 Å². The third-order valence-electron chi connectivity index (χ3n) is 4.92. The maximum Gasteiger partial charge on any atom is 0.126 e. The molecule has 1 unspecified atom stereocenters. The van der Waals surface area contributed by atoms with Crippen LogP contribution >= 0.6 is 0 Å². The minimum atomic E-state index is 0.0922. The molecule has 3 rings (SSSR count). The van der Waals surface area contributed by atoms with Crippen LogP contribution in [0.15, 0.2) is 29.8 Å². The smallest absolute Gasteiger partial charge is 0.126 e.